The van der Waals surface area contributed by atoms with E-state index in [1.54, 1.807) is 7.11 Å². The number of carbonyl (C=O) groups excluding carboxylic acids is 1. The number of amides is 1. The quantitative estimate of drug-likeness (QED) is 0.787. The molecule has 0 bridgehead atoms. The lowest BCUT2D eigenvalue weighted by atomic mass is 9.90. The molecule has 1 saturated heterocycles. The summed E-state index contributed by atoms with van der Waals surface area (Å²) in [5, 5.41) is 2.99. The van der Waals surface area contributed by atoms with Crippen LogP contribution >= 0.6 is 12.4 Å². The summed E-state index contributed by atoms with van der Waals surface area (Å²) in [6.07, 6.45) is 1.84. The molecule has 23 heavy (non-hydrogen) atoms. The third-order valence-electron chi connectivity index (χ3n) is 4.41. The molecule has 130 valence electrons. The Balaban J connectivity index is 0.00000264. The van der Waals surface area contributed by atoms with Crippen molar-refractivity contribution in [1.29, 1.82) is 0 Å². The maximum Gasteiger partial charge on any atom is 0.234 e. The van der Waals surface area contributed by atoms with Crippen molar-refractivity contribution in [2.45, 2.75) is 19.8 Å². The summed E-state index contributed by atoms with van der Waals surface area (Å²) in [5.74, 6) is 0.950. The number of likely N-dealkylation sites (tertiary alicyclic amines) is 1. The largest absolute Gasteiger partial charge is 0.496 e. The lowest BCUT2D eigenvalue weighted by Gasteiger charge is -2.22. The summed E-state index contributed by atoms with van der Waals surface area (Å²) in [6.45, 7) is 5.81. The van der Waals surface area contributed by atoms with Gasteiger partial charge in [-0.05, 0) is 43.0 Å². The molecule has 1 unspecified atom stereocenters. The van der Waals surface area contributed by atoms with Crippen molar-refractivity contribution in [1.82, 2.24) is 10.2 Å². The van der Waals surface area contributed by atoms with Gasteiger partial charge in [-0.15, -0.1) is 12.4 Å². The average Bonchev–Trinajstić information content (AvgIpc) is 2.89. The fraction of sp³-hybridized carbons (Fsp3) is 0.588. The summed E-state index contributed by atoms with van der Waals surface area (Å²) in [4.78, 5) is 14.2. The number of nitrogens with zero attached hydrogens (tertiary/aromatic N) is 1. The molecular weight excluding hydrogens is 314 g/mol. The lowest BCUT2D eigenvalue weighted by molar-refractivity contribution is -0.122. The number of para-hydroxylation sites is 1. The summed E-state index contributed by atoms with van der Waals surface area (Å²) in [6, 6.07) is 7.90. The topological polar surface area (TPSA) is 67.6 Å². The number of hydrogen-bond acceptors (Lipinski definition) is 4. The number of nitrogens with two attached hydrogens (primary N) is 1. The van der Waals surface area contributed by atoms with Crippen LogP contribution in [0.25, 0.3) is 0 Å². The summed E-state index contributed by atoms with van der Waals surface area (Å²) in [5.41, 5.74) is 7.07. The normalized spacial score (nSPS) is 20.8. The number of halogens is 1. The average molecular weight is 342 g/mol. The van der Waals surface area contributed by atoms with Crippen LogP contribution < -0.4 is 15.8 Å². The molecule has 0 saturated carbocycles. The van der Waals surface area contributed by atoms with E-state index in [1.165, 1.54) is 0 Å². The first-order chi connectivity index (χ1) is 10.6. The minimum atomic E-state index is 0. The first-order valence-corrected chi connectivity index (χ1v) is 7.87. The molecular formula is C17H28ClN3O2. The van der Waals surface area contributed by atoms with Crippen LogP contribution in [-0.2, 0) is 11.2 Å². The number of hydrogen-bond donors (Lipinski definition) is 2. The van der Waals surface area contributed by atoms with Gasteiger partial charge in [0.25, 0.3) is 0 Å². The fourth-order valence-electron chi connectivity index (χ4n) is 2.93. The molecule has 0 radical (unpaired) electrons. The van der Waals surface area contributed by atoms with Crippen molar-refractivity contribution in [3.8, 4) is 5.75 Å². The van der Waals surface area contributed by atoms with Gasteiger partial charge in [0.15, 0.2) is 0 Å². The van der Waals surface area contributed by atoms with Crippen LogP contribution in [0.4, 0.5) is 0 Å². The predicted molar refractivity (Wildman–Crippen MR) is 95.2 cm³/mol. The fourth-order valence-corrected chi connectivity index (χ4v) is 2.93. The van der Waals surface area contributed by atoms with Crippen LogP contribution in [0.2, 0.25) is 0 Å². The van der Waals surface area contributed by atoms with Gasteiger partial charge in [0.05, 0.1) is 13.7 Å². The number of methoxy groups -OCH3 is 1. The maximum absolute atomic E-state index is 12.0. The van der Waals surface area contributed by atoms with Gasteiger partial charge >= 0.3 is 0 Å². The number of nitrogens with one attached hydrogen (secondary N) is 1. The van der Waals surface area contributed by atoms with Gasteiger partial charge in [-0.2, -0.15) is 0 Å². The Morgan fingerprint density at radius 2 is 2.17 bits per heavy atom. The van der Waals surface area contributed by atoms with Crippen LogP contribution in [0.15, 0.2) is 24.3 Å². The van der Waals surface area contributed by atoms with Gasteiger partial charge in [-0.1, -0.05) is 25.1 Å². The molecule has 1 aromatic rings. The van der Waals surface area contributed by atoms with Crippen molar-refractivity contribution in [2.24, 2.45) is 11.1 Å². The van der Waals surface area contributed by atoms with E-state index in [4.69, 9.17) is 10.5 Å². The van der Waals surface area contributed by atoms with E-state index in [-0.39, 0.29) is 23.7 Å². The van der Waals surface area contributed by atoms with Crippen molar-refractivity contribution in [3.05, 3.63) is 29.8 Å². The Kier molecular flexibility index (Phi) is 7.82. The molecule has 1 heterocycles. The molecule has 6 heteroatoms. The van der Waals surface area contributed by atoms with E-state index in [0.29, 0.717) is 19.6 Å². The molecule has 1 amide bonds. The highest BCUT2D eigenvalue weighted by Gasteiger charge is 2.32. The van der Waals surface area contributed by atoms with Gasteiger partial charge in [-0.3, -0.25) is 9.69 Å². The minimum absolute atomic E-state index is 0. The van der Waals surface area contributed by atoms with Gasteiger partial charge in [0, 0.05) is 13.1 Å². The van der Waals surface area contributed by atoms with E-state index in [2.05, 4.69) is 17.1 Å². The predicted octanol–water partition coefficient (Wildman–Crippen LogP) is 1.45. The van der Waals surface area contributed by atoms with E-state index in [9.17, 15) is 4.79 Å². The molecule has 0 aromatic heterocycles. The van der Waals surface area contributed by atoms with Crippen LogP contribution in [0.1, 0.15) is 18.9 Å². The third kappa shape index (κ3) is 5.68. The van der Waals surface area contributed by atoms with E-state index >= 15 is 0 Å². The molecule has 1 aliphatic heterocycles. The van der Waals surface area contributed by atoms with E-state index in [0.717, 1.165) is 37.2 Å². The standard InChI is InChI=1S/C17H27N3O2.ClH/c1-17(12-18)8-10-20(13-17)11-16(21)19-9-7-14-5-3-4-6-15(14)22-2;/h3-6H,7-13,18H2,1-2H3,(H,19,21);1H. The van der Waals surface area contributed by atoms with Crippen molar-refractivity contribution in [2.75, 3.05) is 39.8 Å². The second kappa shape index (κ2) is 9.11. The Labute approximate surface area is 145 Å². The van der Waals surface area contributed by atoms with Gasteiger partial charge in [0.2, 0.25) is 5.91 Å². The van der Waals surface area contributed by atoms with E-state index < -0.39 is 0 Å². The van der Waals surface area contributed by atoms with Crippen LogP contribution in [0.5, 0.6) is 5.75 Å². The highest BCUT2D eigenvalue weighted by Crippen LogP contribution is 2.27. The lowest BCUT2D eigenvalue weighted by Crippen LogP contribution is -2.38. The molecule has 1 aliphatic rings. The van der Waals surface area contributed by atoms with Crippen LogP contribution in [0, 0.1) is 5.41 Å². The Bertz CT molecular complexity index is 512. The zero-order valence-electron chi connectivity index (χ0n) is 14.0. The minimum Gasteiger partial charge on any atom is -0.496 e. The Morgan fingerprint density at radius 3 is 2.83 bits per heavy atom. The molecule has 0 aliphatic carbocycles. The molecule has 1 aromatic carbocycles. The number of rotatable bonds is 7. The number of carbonyl (C=O) groups is 1. The third-order valence-corrected chi connectivity index (χ3v) is 4.41. The summed E-state index contributed by atoms with van der Waals surface area (Å²) < 4.78 is 5.31. The second-order valence-electron chi connectivity index (χ2n) is 6.39. The zero-order valence-corrected chi connectivity index (χ0v) is 14.8. The molecule has 3 N–H and O–H groups in total. The first kappa shape index (κ1) is 19.7. The molecule has 2 rings (SSSR count). The zero-order chi connectivity index (χ0) is 16.0. The SMILES string of the molecule is COc1ccccc1CCNC(=O)CN1CCC(C)(CN)C1.Cl. The van der Waals surface area contributed by atoms with Crippen LogP contribution in [-0.4, -0.2) is 50.6 Å². The summed E-state index contributed by atoms with van der Waals surface area (Å²) in [7, 11) is 1.67. The Hall–Kier alpha value is -1.30. The van der Waals surface area contributed by atoms with Crippen molar-refractivity contribution >= 4 is 18.3 Å². The summed E-state index contributed by atoms with van der Waals surface area (Å²) >= 11 is 0. The molecule has 1 atom stereocenters. The van der Waals surface area contributed by atoms with Gasteiger partial charge < -0.3 is 15.8 Å². The molecule has 0 spiro atoms. The maximum atomic E-state index is 12.0. The van der Waals surface area contributed by atoms with Crippen molar-refractivity contribution in [3.63, 3.8) is 0 Å². The van der Waals surface area contributed by atoms with Gasteiger partial charge in [-0.25, -0.2) is 0 Å². The second-order valence-corrected chi connectivity index (χ2v) is 6.39. The smallest absolute Gasteiger partial charge is 0.234 e. The first-order valence-electron chi connectivity index (χ1n) is 7.87. The highest BCUT2D eigenvalue weighted by molar-refractivity contribution is 5.85. The number of benzene rings is 1. The highest BCUT2D eigenvalue weighted by atomic mass is 35.5. The molecule has 1 fully saturated rings. The van der Waals surface area contributed by atoms with E-state index in [1.807, 2.05) is 24.3 Å². The Morgan fingerprint density at radius 1 is 1.43 bits per heavy atom. The molecule has 5 nitrogen and oxygen atoms in total. The van der Waals surface area contributed by atoms with Crippen LogP contribution in [0.3, 0.4) is 0 Å². The number of ether oxygens (including phenoxy) is 1. The van der Waals surface area contributed by atoms with Crippen molar-refractivity contribution < 1.29 is 9.53 Å². The monoisotopic (exact) mass is 341 g/mol. The van der Waals surface area contributed by atoms with Gasteiger partial charge in [0.1, 0.15) is 5.75 Å².